The largest absolute Gasteiger partial charge is 0.360 e. The van der Waals surface area contributed by atoms with Gasteiger partial charge < -0.3 is 10.3 Å². The van der Waals surface area contributed by atoms with Crippen LogP contribution >= 0.6 is 15.9 Å². The molecule has 9 heteroatoms. The maximum Gasteiger partial charge on any atom is 0.264 e. The van der Waals surface area contributed by atoms with Crippen LogP contribution in [0.1, 0.15) is 55.8 Å². The molecule has 2 N–H and O–H groups in total. The van der Waals surface area contributed by atoms with Gasteiger partial charge in [-0.1, -0.05) is 55.0 Å². The van der Waals surface area contributed by atoms with Gasteiger partial charge in [0, 0.05) is 35.2 Å². The number of hydrogen-bond donors (Lipinski definition) is 2. The Bertz CT molecular complexity index is 1300. The van der Waals surface area contributed by atoms with Gasteiger partial charge in [-0.15, -0.1) is 0 Å². The number of unbranched alkanes of at least 4 members (excludes halogenated alkanes) is 5. The predicted octanol–water partition coefficient (Wildman–Crippen LogP) is 5.21. The van der Waals surface area contributed by atoms with Crippen molar-refractivity contribution >= 4 is 48.5 Å². The van der Waals surface area contributed by atoms with Crippen molar-refractivity contribution in [2.75, 3.05) is 17.9 Å². The number of H-pyrrole nitrogens is 1. The summed E-state index contributed by atoms with van der Waals surface area (Å²) in [6.07, 6.45) is 7.99. The van der Waals surface area contributed by atoms with Crippen molar-refractivity contribution in [2.45, 2.75) is 50.3 Å². The van der Waals surface area contributed by atoms with Crippen LogP contribution in [0.25, 0.3) is 10.9 Å². The summed E-state index contributed by atoms with van der Waals surface area (Å²) in [6, 6.07) is 11.2. The van der Waals surface area contributed by atoms with Gasteiger partial charge in [0.05, 0.1) is 10.6 Å². The normalized spacial score (nSPS) is 11.5. The van der Waals surface area contributed by atoms with E-state index in [9.17, 15) is 18.0 Å². The number of fused-ring (bicyclic) bond motifs is 1. The monoisotopic (exact) mass is 547 g/mol. The number of pyridine rings is 1. The second kappa shape index (κ2) is 11.7. The van der Waals surface area contributed by atoms with Crippen molar-refractivity contribution in [1.82, 2.24) is 10.3 Å². The van der Waals surface area contributed by atoms with Crippen LogP contribution in [-0.2, 0) is 10.0 Å². The second-order valence-electron chi connectivity index (χ2n) is 8.21. The van der Waals surface area contributed by atoms with E-state index >= 15 is 0 Å². The number of carbonyl (C=O) groups excluding carboxylic acids is 1. The molecule has 0 spiro atoms. The Morgan fingerprint density at radius 3 is 2.41 bits per heavy atom. The standard InChI is InChI=1S/C25H30BrN3O4S/c1-3-4-5-6-7-8-15-27-25(31)22-17-28-23-14-13-20(16-21(23)24(22)30)34(32,33)29(2)19-11-9-18(26)10-12-19/h9-14,16-17H,3-8,15H2,1-2H3,(H,27,31)(H,28,30). The lowest BCUT2D eigenvalue weighted by atomic mass is 10.1. The molecule has 0 saturated heterocycles. The summed E-state index contributed by atoms with van der Waals surface area (Å²) in [7, 11) is -2.45. The number of benzene rings is 2. The highest BCUT2D eigenvalue weighted by atomic mass is 79.9. The molecule has 0 aliphatic carbocycles. The number of nitrogens with one attached hydrogen (secondary N) is 2. The van der Waals surface area contributed by atoms with E-state index in [-0.39, 0.29) is 15.8 Å². The fourth-order valence-electron chi connectivity index (χ4n) is 3.68. The summed E-state index contributed by atoms with van der Waals surface area (Å²) in [5.74, 6) is -0.461. The van der Waals surface area contributed by atoms with Gasteiger partial charge in [-0.3, -0.25) is 13.9 Å². The van der Waals surface area contributed by atoms with Crippen molar-refractivity contribution in [3.05, 3.63) is 68.9 Å². The first kappa shape index (κ1) is 26.0. The smallest absolute Gasteiger partial charge is 0.264 e. The summed E-state index contributed by atoms with van der Waals surface area (Å²) < 4.78 is 28.4. The number of aromatic amines is 1. The molecular weight excluding hydrogens is 518 g/mol. The summed E-state index contributed by atoms with van der Waals surface area (Å²) in [4.78, 5) is 28.5. The Balaban J connectivity index is 1.79. The van der Waals surface area contributed by atoms with Crippen LogP contribution in [0.3, 0.4) is 0 Å². The minimum absolute atomic E-state index is 0.0273. The number of carbonyl (C=O) groups is 1. The van der Waals surface area contributed by atoms with Gasteiger partial charge in [-0.2, -0.15) is 0 Å². The Morgan fingerprint density at radius 1 is 1.03 bits per heavy atom. The van der Waals surface area contributed by atoms with Gasteiger partial charge >= 0.3 is 0 Å². The summed E-state index contributed by atoms with van der Waals surface area (Å²) in [6.45, 7) is 2.66. The maximum atomic E-state index is 13.2. The molecule has 0 atom stereocenters. The average Bonchev–Trinajstić information content (AvgIpc) is 2.83. The Hall–Kier alpha value is -2.65. The molecule has 0 unspecified atom stereocenters. The molecule has 2 aromatic carbocycles. The van der Waals surface area contributed by atoms with Gasteiger partial charge in [0.2, 0.25) is 5.43 Å². The molecule has 0 aliphatic rings. The number of amides is 1. The lowest BCUT2D eigenvalue weighted by Crippen LogP contribution is -2.30. The predicted molar refractivity (Wildman–Crippen MR) is 140 cm³/mol. The number of hydrogen-bond acceptors (Lipinski definition) is 4. The first-order valence-electron chi connectivity index (χ1n) is 11.4. The molecule has 0 saturated carbocycles. The number of halogens is 1. The number of nitrogens with zero attached hydrogens (tertiary/aromatic N) is 1. The topological polar surface area (TPSA) is 99.3 Å². The third-order valence-electron chi connectivity index (χ3n) is 5.76. The van der Waals surface area contributed by atoms with Crippen LogP contribution in [-0.4, -0.2) is 32.9 Å². The summed E-state index contributed by atoms with van der Waals surface area (Å²) in [5.41, 5.74) is 0.412. The molecule has 3 aromatic rings. The fraction of sp³-hybridized carbons (Fsp3) is 0.360. The molecule has 3 rings (SSSR count). The van der Waals surface area contributed by atoms with Gasteiger partial charge in [-0.25, -0.2) is 8.42 Å². The zero-order chi connectivity index (χ0) is 24.7. The van der Waals surface area contributed by atoms with E-state index in [1.54, 1.807) is 24.3 Å². The van der Waals surface area contributed by atoms with E-state index in [1.165, 1.54) is 50.7 Å². The first-order chi connectivity index (χ1) is 16.3. The molecular formula is C25H30BrN3O4S. The van der Waals surface area contributed by atoms with E-state index in [1.807, 2.05) is 0 Å². The lowest BCUT2D eigenvalue weighted by molar-refractivity contribution is 0.0951. The van der Waals surface area contributed by atoms with E-state index in [0.717, 1.165) is 28.0 Å². The maximum absolute atomic E-state index is 13.2. The van der Waals surface area contributed by atoms with Crippen LogP contribution in [0.2, 0.25) is 0 Å². The zero-order valence-electron chi connectivity index (χ0n) is 19.4. The number of anilines is 1. The quantitative estimate of drug-likeness (QED) is 0.322. The molecule has 1 heterocycles. The minimum atomic E-state index is -3.91. The van der Waals surface area contributed by atoms with Crippen LogP contribution in [0, 0.1) is 0 Å². The third-order valence-corrected chi connectivity index (χ3v) is 8.07. The van der Waals surface area contributed by atoms with Crippen LogP contribution in [0.4, 0.5) is 5.69 Å². The summed E-state index contributed by atoms with van der Waals surface area (Å²) in [5, 5.41) is 2.95. The average molecular weight is 549 g/mol. The molecule has 0 fully saturated rings. The number of aromatic nitrogens is 1. The van der Waals surface area contributed by atoms with Crippen LogP contribution < -0.4 is 15.1 Å². The lowest BCUT2D eigenvalue weighted by Gasteiger charge is -2.20. The van der Waals surface area contributed by atoms with Crippen molar-refractivity contribution in [3.8, 4) is 0 Å². The fourth-order valence-corrected chi connectivity index (χ4v) is 5.16. The van der Waals surface area contributed by atoms with E-state index in [0.29, 0.717) is 17.7 Å². The molecule has 0 radical (unpaired) electrons. The van der Waals surface area contributed by atoms with Crippen molar-refractivity contribution < 1.29 is 13.2 Å². The highest BCUT2D eigenvalue weighted by Gasteiger charge is 2.23. The molecule has 0 aliphatic heterocycles. The van der Waals surface area contributed by atoms with Gasteiger partial charge in [0.1, 0.15) is 5.56 Å². The first-order valence-corrected chi connectivity index (χ1v) is 13.7. The number of rotatable bonds is 11. The Morgan fingerprint density at radius 2 is 1.71 bits per heavy atom. The van der Waals surface area contributed by atoms with Crippen LogP contribution in [0.5, 0.6) is 0 Å². The molecule has 1 amide bonds. The summed E-state index contributed by atoms with van der Waals surface area (Å²) >= 11 is 3.34. The molecule has 182 valence electrons. The zero-order valence-corrected chi connectivity index (χ0v) is 21.8. The SMILES string of the molecule is CCCCCCCCNC(=O)c1c[nH]c2ccc(S(=O)(=O)N(C)c3ccc(Br)cc3)cc2c1=O. The van der Waals surface area contributed by atoms with Crippen molar-refractivity contribution in [2.24, 2.45) is 0 Å². The van der Waals surface area contributed by atoms with E-state index in [2.05, 4.69) is 33.2 Å². The van der Waals surface area contributed by atoms with E-state index < -0.39 is 21.4 Å². The molecule has 0 bridgehead atoms. The molecule has 34 heavy (non-hydrogen) atoms. The van der Waals surface area contributed by atoms with E-state index in [4.69, 9.17) is 0 Å². The van der Waals surface area contributed by atoms with Gasteiger partial charge in [-0.05, 0) is 48.9 Å². The second-order valence-corrected chi connectivity index (χ2v) is 11.1. The highest BCUT2D eigenvalue weighted by Crippen LogP contribution is 2.25. The van der Waals surface area contributed by atoms with Gasteiger partial charge in [0.15, 0.2) is 0 Å². The Kier molecular flexibility index (Phi) is 8.90. The van der Waals surface area contributed by atoms with Crippen molar-refractivity contribution in [1.29, 1.82) is 0 Å². The highest BCUT2D eigenvalue weighted by molar-refractivity contribution is 9.10. The Labute approximate surface area is 208 Å². The van der Waals surface area contributed by atoms with Crippen LogP contribution in [0.15, 0.2) is 62.8 Å². The molecule has 1 aromatic heterocycles. The van der Waals surface area contributed by atoms with Gasteiger partial charge in [0.25, 0.3) is 15.9 Å². The third kappa shape index (κ3) is 6.07. The number of sulfonamides is 1. The minimum Gasteiger partial charge on any atom is -0.360 e. The van der Waals surface area contributed by atoms with Crippen molar-refractivity contribution in [3.63, 3.8) is 0 Å². The molecule has 7 nitrogen and oxygen atoms in total.